The molecule has 0 bridgehead atoms. The van der Waals surface area contributed by atoms with Crippen molar-refractivity contribution >= 4 is 29.6 Å². The second kappa shape index (κ2) is 8.84. The standard InChI is InChI=1S/C21H34N4O6/c1-13(2)17(28)25-10-9-23(19(30)31-20(4,5)6)11-21(25)12-24(18(21)29)15(14(3)26)7-8-16(22)27/h13,15H,7-12H2,1-6H3,(H2,22,27)/t15-,21?/m0/s1. The molecule has 10 nitrogen and oxygen atoms in total. The van der Waals surface area contributed by atoms with Gasteiger partial charge in [0, 0.05) is 25.4 Å². The van der Waals surface area contributed by atoms with E-state index in [0.717, 1.165) is 0 Å². The summed E-state index contributed by atoms with van der Waals surface area (Å²) in [6, 6.07) is -0.793. The topological polar surface area (TPSA) is 130 Å². The molecular formula is C21H34N4O6. The van der Waals surface area contributed by atoms with Gasteiger partial charge in [0.05, 0.1) is 19.1 Å². The van der Waals surface area contributed by atoms with Crippen LogP contribution in [0.25, 0.3) is 0 Å². The van der Waals surface area contributed by atoms with Crippen molar-refractivity contribution in [3.05, 3.63) is 0 Å². The number of carbonyl (C=O) groups is 5. The number of ether oxygens (including phenoxy) is 1. The number of nitrogens with two attached hydrogens (primary N) is 1. The average Bonchev–Trinajstić information content (AvgIpc) is 2.64. The Balaban J connectivity index is 2.29. The molecule has 174 valence electrons. The number of nitrogens with zero attached hydrogens (tertiary/aromatic N) is 3. The second-order valence-electron chi connectivity index (χ2n) is 9.64. The molecule has 0 aromatic rings. The number of primary amides is 1. The molecule has 4 amide bonds. The predicted octanol–water partition coefficient (Wildman–Crippen LogP) is 0.526. The van der Waals surface area contributed by atoms with Crippen LogP contribution in [0.5, 0.6) is 0 Å². The number of hydrogen-bond donors (Lipinski definition) is 1. The van der Waals surface area contributed by atoms with Crippen molar-refractivity contribution in [3.8, 4) is 0 Å². The van der Waals surface area contributed by atoms with Crippen LogP contribution in [0.15, 0.2) is 0 Å². The Hall–Kier alpha value is -2.65. The third-order valence-corrected chi connectivity index (χ3v) is 5.57. The molecule has 31 heavy (non-hydrogen) atoms. The van der Waals surface area contributed by atoms with Gasteiger partial charge in [0.15, 0.2) is 11.3 Å². The molecule has 0 saturated carbocycles. The molecule has 2 fully saturated rings. The molecule has 10 heteroatoms. The second-order valence-corrected chi connectivity index (χ2v) is 9.64. The molecule has 2 N–H and O–H groups in total. The molecule has 1 spiro atoms. The van der Waals surface area contributed by atoms with Crippen LogP contribution in [0.4, 0.5) is 4.79 Å². The van der Waals surface area contributed by atoms with E-state index in [1.54, 1.807) is 34.6 Å². The minimum atomic E-state index is -1.24. The van der Waals surface area contributed by atoms with Gasteiger partial charge in [-0.15, -0.1) is 0 Å². The van der Waals surface area contributed by atoms with Crippen molar-refractivity contribution in [1.29, 1.82) is 0 Å². The Kier molecular flexibility index (Phi) is 7.02. The third kappa shape index (κ3) is 5.16. The third-order valence-electron chi connectivity index (χ3n) is 5.57. The normalized spacial score (nSPS) is 22.4. The largest absolute Gasteiger partial charge is 0.444 e. The summed E-state index contributed by atoms with van der Waals surface area (Å²) in [7, 11) is 0. The van der Waals surface area contributed by atoms with Crippen LogP contribution in [0.3, 0.4) is 0 Å². The molecular weight excluding hydrogens is 404 g/mol. The fourth-order valence-electron chi connectivity index (χ4n) is 4.05. The monoisotopic (exact) mass is 438 g/mol. The molecule has 2 saturated heterocycles. The summed E-state index contributed by atoms with van der Waals surface area (Å²) >= 11 is 0. The maximum absolute atomic E-state index is 13.4. The van der Waals surface area contributed by atoms with Crippen molar-refractivity contribution in [2.75, 3.05) is 26.2 Å². The van der Waals surface area contributed by atoms with Gasteiger partial charge in [0.2, 0.25) is 11.8 Å². The Morgan fingerprint density at radius 1 is 1.13 bits per heavy atom. The number of hydrogen-bond acceptors (Lipinski definition) is 6. The van der Waals surface area contributed by atoms with E-state index in [0.29, 0.717) is 0 Å². The first-order valence-electron chi connectivity index (χ1n) is 10.6. The lowest BCUT2D eigenvalue weighted by Gasteiger charge is -2.59. The molecule has 2 heterocycles. The van der Waals surface area contributed by atoms with Gasteiger partial charge in [-0.2, -0.15) is 0 Å². The zero-order valence-corrected chi connectivity index (χ0v) is 19.3. The maximum atomic E-state index is 13.4. The van der Waals surface area contributed by atoms with E-state index in [2.05, 4.69) is 0 Å². The van der Waals surface area contributed by atoms with E-state index in [4.69, 9.17) is 10.5 Å². The van der Waals surface area contributed by atoms with Crippen LogP contribution in [-0.4, -0.2) is 87.7 Å². The summed E-state index contributed by atoms with van der Waals surface area (Å²) in [5.41, 5.74) is 3.27. The SMILES string of the molecule is CC(=O)[C@H](CCC(N)=O)N1CC2(CN(C(=O)OC(C)(C)C)CCN2C(=O)C(C)C)C1=O. The van der Waals surface area contributed by atoms with E-state index >= 15 is 0 Å². The number of Topliss-reactive ketones (excluding diaryl/α,β-unsaturated/α-hetero) is 1. The fourth-order valence-corrected chi connectivity index (χ4v) is 4.05. The first-order valence-corrected chi connectivity index (χ1v) is 10.6. The summed E-state index contributed by atoms with van der Waals surface area (Å²) in [4.78, 5) is 66.6. The van der Waals surface area contributed by atoms with Crippen LogP contribution in [0, 0.1) is 5.92 Å². The van der Waals surface area contributed by atoms with E-state index in [9.17, 15) is 24.0 Å². The zero-order chi connectivity index (χ0) is 23.7. The number of piperazine rings is 1. The van der Waals surface area contributed by atoms with Gasteiger partial charge in [-0.1, -0.05) is 13.8 Å². The van der Waals surface area contributed by atoms with E-state index in [1.165, 1.54) is 21.6 Å². The lowest BCUT2D eigenvalue weighted by atomic mass is 9.80. The van der Waals surface area contributed by atoms with Crippen molar-refractivity contribution in [3.63, 3.8) is 0 Å². The van der Waals surface area contributed by atoms with E-state index in [1.807, 2.05) is 0 Å². The molecule has 1 unspecified atom stereocenters. The first-order chi connectivity index (χ1) is 14.2. The quantitative estimate of drug-likeness (QED) is 0.602. The van der Waals surface area contributed by atoms with E-state index < -0.39 is 35.1 Å². The number of carbonyl (C=O) groups excluding carboxylic acids is 5. The number of likely N-dealkylation sites (tertiary alicyclic amines) is 1. The highest BCUT2D eigenvalue weighted by molar-refractivity contribution is 6.01. The van der Waals surface area contributed by atoms with Gasteiger partial charge < -0.3 is 25.2 Å². The molecule has 0 aromatic heterocycles. The predicted molar refractivity (Wildman–Crippen MR) is 112 cm³/mol. The van der Waals surface area contributed by atoms with Crippen LogP contribution in [-0.2, 0) is 23.9 Å². The van der Waals surface area contributed by atoms with Gasteiger partial charge in [0.1, 0.15) is 5.60 Å². The molecule has 2 aliphatic rings. The molecule has 0 radical (unpaired) electrons. The molecule has 2 aliphatic heterocycles. The van der Waals surface area contributed by atoms with Gasteiger partial charge in [0.25, 0.3) is 5.91 Å². The number of rotatable bonds is 6. The van der Waals surface area contributed by atoms with Crippen molar-refractivity contribution < 1.29 is 28.7 Å². The lowest BCUT2D eigenvalue weighted by molar-refractivity contribution is -0.184. The van der Waals surface area contributed by atoms with Crippen LogP contribution in [0.1, 0.15) is 54.4 Å². The summed E-state index contributed by atoms with van der Waals surface area (Å²) in [6.07, 6.45) is -0.452. The number of ketones is 1. The summed E-state index contributed by atoms with van der Waals surface area (Å²) in [5, 5.41) is 0. The minimum absolute atomic E-state index is 0.00382. The molecule has 2 atom stereocenters. The van der Waals surface area contributed by atoms with Crippen molar-refractivity contribution in [1.82, 2.24) is 14.7 Å². The van der Waals surface area contributed by atoms with Crippen LogP contribution >= 0.6 is 0 Å². The highest BCUT2D eigenvalue weighted by Crippen LogP contribution is 2.37. The van der Waals surface area contributed by atoms with Gasteiger partial charge in [-0.25, -0.2) is 4.79 Å². The number of amides is 4. The highest BCUT2D eigenvalue weighted by atomic mass is 16.6. The van der Waals surface area contributed by atoms with Crippen molar-refractivity contribution in [2.45, 2.75) is 71.6 Å². The summed E-state index contributed by atoms with van der Waals surface area (Å²) < 4.78 is 5.45. The summed E-state index contributed by atoms with van der Waals surface area (Å²) in [6.45, 7) is 10.7. The Labute approximate surface area is 183 Å². The van der Waals surface area contributed by atoms with Crippen molar-refractivity contribution in [2.24, 2.45) is 11.7 Å². The Morgan fingerprint density at radius 2 is 1.74 bits per heavy atom. The molecule has 0 aromatic carbocycles. The summed E-state index contributed by atoms with van der Waals surface area (Å²) in [5.74, 6) is -1.73. The van der Waals surface area contributed by atoms with Gasteiger partial charge >= 0.3 is 6.09 Å². The molecule has 2 rings (SSSR count). The van der Waals surface area contributed by atoms with Gasteiger partial charge in [-0.05, 0) is 34.1 Å². The smallest absolute Gasteiger partial charge is 0.410 e. The number of β-lactam (4-membered cyclic amide) rings is 1. The van der Waals surface area contributed by atoms with Gasteiger partial charge in [-0.3, -0.25) is 19.2 Å². The van der Waals surface area contributed by atoms with Crippen LogP contribution in [0.2, 0.25) is 0 Å². The van der Waals surface area contributed by atoms with E-state index in [-0.39, 0.29) is 56.6 Å². The maximum Gasteiger partial charge on any atom is 0.410 e. The minimum Gasteiger partial charge on any atom is -0.444 e. The fraction of sp³-hybridized carbons (Fsp3) is 0.762. The zero-order valence-electron chi connectivity index (χ0n) is 19.3. The Morgan fingerprint density at radius 3 is 2.19 bits per heavy atom. The average molecular weight is 439 g/mol. The lowest BCUT2D eigenvalue weighted by Crippen LogP contribution is -2.83. The Bertz CT molecular complexity index is 774. The van der Waals surface area contributed by atoms with Crippen LogP contribution < -0.4 is 5.73 Å². The molecule has 0 aliphatic carbocycles. The first kappa shape index (κ1) is 24.6. The highest BCUT2D eigenvalue weighted by Gasteiger charge is 2.62.